The van der Waals surface area contributed by atoms with Crippen molar-refractivity contribution in [2.45, 2.75) is 31.8 Å². The number of amides is 1. The zero-order valence-corrected chi connectivity index (χ0v) is 12.1. The molecule has 0 aromatic heterocycles. The molecule has 3 rings (SSSR count). The van der Waals surface area contributed by atoms with Crippen LogP contribution in [0.4, 0.5) is 0 Å². The van der Waals surface area contributed by atoms with Gasteiger partial charge in [0.2, 0.25) is 5.91 Å². The molecule has 2 N–H and O–H groups in total. The average Bonchev–Trinajstić information content (AvgIpc) is 3.06. The minimum Gasteiger partial charge on any atom is -0.387 e. The van der Waals surface area contributed by atoms with Gasteiger partial charge in [0.1, 0.15) is 0 Å². The molecule has 2 aromatic carbocycles. The van der Waals surface area contributed by atoms with Gasteiger partial charge in [-0.25, -0.2) is 0 Å². The molecule has 0 radical (unpaired) electrons. The lowest BCUT2D eigenvalue weighted by molar-refractivity contribution is -0.125. The minimum atomic E-state index is -0.665. The first-order valence-electron chi connectivity index (χ1n) is 7.69. The van der Waals surface area contributed by atoms with E-state index < -0.39 is 6.10 Å². The highest BCUT2D eigenvalue weighted by Crippen LogP contribution is 2.26. The Morgan fingerprint density at radius 2 is 1.86 bits per heavy atom. The highest BCUT2D eigenvalue weighted by Gasteiger charge is 2.23. The summed E-state index contributed by atoms with van der Waals surface area (Å²) < 4.78 is 0. The quantitative estimate of drug-likeness (QED) is 0.905. The Balaban J connectivity index is 1.69. The van der Waals surface area contributed by atoms with E-state index in [9.17, 15) is 9.90 Å². The molecule has 0 spiro atoms. The molecular weight excluding hydrogens is 262 g/mol. The fourth-order valence-corrected chi connectivity index (χ4v) is 3.18. The number of aliphatic hydroxyl groups is 1. The van der Waals surface area contributed by atoms with Gasteiger partial charge in [-0.1, -0.05) is 55.3 Å². The second-order valence-electron chi connectivity index (χ2n) is 5.81. The summed E-state index contributed by atoms with van der Waals surface area (Å²) in [6.07, 6.45) is 3.58. The summed E-state index contributed by atoms with van der Waals surface area (Å²) in [5.74, 6) is 0.233. The number of rotatable bonds is 4. The van der Waals surface area contributed by atoms with Crippen LogP contribution in [0.5, 0.6) is 0 Å². The molecule has 1 amide bonds. The molecule has 1 aliphatic rings. The first-order valence-corrected chi connectivity index (χ1v) is 7.69. The van der Waals surface area contributed by atoms with E-state index in [4.69, 9.17) is 0 Å². The van der Waals surface area contributed by atoms with Gasteiger partial charge in [-0.2, -0.15) is 0 Å². The molecule has 0 saturated heterocycles. The van der Waals surface area contributed by atoms with Crippen LogP contribution in [0.25, 0.3) is 10.8 Å². The van der Waals surface area contributed by atoms with Crippen LogP contribution in [0.1, 0.15) is 37.4 Å². The standard InChI is InChI=1S/C18H21NO2/c20-17(12-19-18(21)14-7-1-2-8-14)16-11-5-9-13-6-3-4-10-15(13)16/h3-6,9-11,14,17,20H,1-2,7-8,12H2,(H,19,21)/t17-/m0/s1. The highest BCUT2D eigenvalue weighted by atomic mass is 16.3. The van der Waals surface area contributed by atoms with E-state index in [0.717, 1.165) is 42.0 Å². The van der Waals surface area contributed by atoms with Gasteiger partial charge >= 0.3 is 0 Å². The molecule has 1 aliphatic carbocycles. The third-order valence-corrected chi connectivity index (χ3v) is 4.38. The number of carbonyl (C=O) groups is 1. The molecule has 0 unspecified atom stereocenters. The van der Waals surface area contributed by atoms with E-state index in [1.165, 1.54) is 0 Å². The van der Waals surface area contributed by atoms with Gasteiger partial charge in [-0.15, -0.1) is 0 Å². The molecule has 110 valence electrons. The summed E-state index contributed by atoms with van der Waals surface area (Å²) >= 11 is 0. The van der Waals surface area contributed by atoms with Crippen LogP contribution in [0.3, 0.4) is 0 Å². The second-order valence-corrected chi connectivity index (χ2v) is 5.81. The summed E-state index contributed by atoms with van der Waals surface area (Å²) in [5.41, 5.74) is 0.875. The molecule has 0 bridgehead atoms. The Morgan fingerprint density at radius 1 is 1.14 bits per heavy atom. The van der Waals surface area contributed by atoms with Crippen molar-refractivity contribution in [2.75, 3.05) is 6.54 Å². The smallest absolute Gasteiger partial charge is 0.223 e. The molecule has 3 nitrogen and oxygen atoms in total. The fraction of sp³-hybridized carbons (Fsp3) is 0.389. The number of nitrogens with one attached hydrogen (secondary N) is 1. The number of carbonyl (C=O) groups excluding carboxylic acids is 1. The van der Waals surface area contributed by atoms with Crippen molar-refractivity contribution in [3.63, 3.8) is 0 Å². The van der Waals surface area contributed by atoms with Gasteiger partial charge in [-0.3, -0.25) is 4.79 Å². The largest absolute Gasteiger partial charge is 0.387 e. The lowest BCUT2D eigenvalue weighted by atomic mass is 10.00. The minimum absolute atomic E-state index is 0.0896. The molecule has 0 aliphatic heterocycles. The van der Waals surface area contributed by atoms with Gasteiger partial charge in [0, 0.05) is 12.5 Å². The number of fused-ring (bicyclic) bond motifs is 1. The van der Waals surface area contributed by atoms with Crippen LogP contribution >= 0.6 is 0 Å². The van der Waals surface area contributed by atoms with E-state index in [1.54, 1.807) is 0 Å². The van der Waals surface area contributed by atoms with E-state index in [0.29, 0.717) is 0 Å². The lowest BCUT2D eigenvalue weighted by Crippen LogP contribution is -2.32. The number of hydrogen-bond donors (Lipinski definition) is 2. The van der Waals surface area contributed by atoms with Crippen LogP contribution < -0.4 is 5.32 Å². The van der Waals surface area contributed by atoms with E-state index >= 15 is 0 Å². The monoisotopic (exact) mass is 283 g/mol. The van der Waals surface area contributed by atoms with E-state index in [-0.39, 0.29) is 18.4 Å². The molecule has 1 atom stereocenters. The van der Waals surface area contributed by atoms with Crippen molar-refractivity contribution in [1.29, 1.82) is 0 Å². The maximum absolute atomic E-state index is 12.0. The highest BCUT2D eigenvalue weighted by molar-refractivity contribution is 5.86. The molecule has 1 saturated carbocycles. The maximum atomic E-state index is 12.0. The first kappa shape index (κ1) is 14.1. The number of aliphatic hydroxyl groups excluding tert-OH is 1. The van der Waals surface area contributed by atoms with Crippen molar-refractivity contribution in [3.8, 4) is 0 Å². The SMILES string of the molecule is O=C(NC[C@H](O)c1cccc2ccccc12)C1CCCC1. The summed E-state index contributed by atoms with van der Waals surface area (Å²) in [6.45, 7) is 0.281. The first-order chi connectivity index (χ1) is 10.3. The van der Waals surface area contributed by atoms with Crippen LogP contribution in [-0.4, -0.2) is 17.6 Å². The fourth-order valence-electron chi connectivity index (χ4n) is 3.18. The zero-order chi connectivity index (χ0) is 14.7. The summed E-state index contributed by atoms with van der Waals surface area (Å²) in [7, 11) is 0. The third kappa shape index (κ3) is 3.08. The Kier molecular flexibility index (Phi) is 4.20. The molecular formula is C18H21NO2. The molecule has 2 aromatic rings. The zero-order valence-electron chi connectivity index (χ0n) is 12.1. The van der Waals surface area contributed by atoms with E-state index in [2.05, 4.69) is 5.32 Å². The molecule has 21 heavy (non-hydrogen) atoms. The van der Waals surface area contributed by atoms with Crippen molar-refractivity contribution >= 4 is 16.7 Å². The Morgan fingerprint density at radius 3 is 2.67 bits per heavy atom. The number of hydrogen-bond acceptors (Lipinski definition) is 2. The topological polar surface area (TPSA) is 49.3 Å². The van der Waals surface area contributed by atoms with Gasteiger partial charge in [0.25, 0.3) is 0 Å². The van der Waals surface area contributed by atoms with Crippen molar-refractivity contribution < 1.29 is 9.90 Å². The summed E-state index contributed by atoms with van der Waals surface area (Å²) in [6, 6.07) is 13.9. The Hall–Kier alpha value is -1.87. The lowest BCUT2D eigenvalue weighted by Gasteiger charge is -2.16. The van der Waals surface area contributed by atoms with Crippen molar-refractivity contribution in [2.24, 2.45) is 5.92 Å². The van der Waals surface area contributed by atoms with Gasteiger partial charge in [-0.05, 0) is 29.2 Å². The predicted octanol–water partition coefficient (Wildman–Crippen LogP) is 3.18. The Labute approximate surface area is 125 Å². The summed E-state index contributed by atoms with van der Waals surface area (Å²) in [5, 5.41) is 15.4. The molecule has 0 heterocycles. The van der Waals surface area contributed by atoms with Crippen LogP contribution in [-0.2, 0) is 4.79 Å². The van der Waals surface area contributed by atoms with Gasteiger partial charge in [0.05, 0.1) is 6.10 Å². The van der Waals surface area contributed by atoms with Crippen molar-refractivity contribution in [1.82, 2.24) is 5.32 Å². The van der Waals surface area contributed by atoms with Crippen LogP contribution in [0, 0.1) is 5.92 Å². The van der Waals surface area contributed by atoms with Crippen LogP contribution in [0.2, 0.25) is 0 Å². The average molecular weight is 283 g/mol. The normalized spacial score (nSPS) is 17.0. The second kappa shape index (κ2) is 6.27. The number of benzene rings is 2. The van der Waals surface area contributed by atoms with Gasteiger partial charge < -0.3 is 10.4 Å². The van der Waals surface area contributed by atoms with Gasteiger partial charge in [0.15, 0.2) is 0 Å². The van der Waals surface area contributed by atoms with E-state index in [1.807, 2.05) is 42.5 Å². The molecule has 3 heteroatoms. The van der Waals surface area contributed by atoms with Crippen LogP contribution in [0.15, 0.2) is 42.5 Å². The summed E-state index contributed by atoms with van der Waals surface area (Å²) in [4.78, 5) is 12.0. The Bertz CT molecular complexity index is 627. The predicted molar refractivity (Wildman–Crippen MR) is 83.9 cm³/mol. The third-order valence-electron chi connectivity index (χ3n) is 4.38. The van der Waals surface area contributed by atoms with Crippen molar-refractivity contribution in [3.05, 3.63) is 48.0 Å². The maximum Gasteiger partial charge on any atom is 0.223 e. The molecule has 1 fully saturated rings.